The molecule has 0 fully saturated rings. The predicted molar refractivity (Wildman–Crippen MR) is 69.8 cm³/mol. The minimum atomic E-state index is -4.63. The number of alkyl halides is 3. The van der Waals surface area contributed by atoms with Crippen LogP contribution in [0.5, 0.6) is 0 Å². The normalized spacial score (nSPS) is 12.5. The molecule has 1 atom stereocenters. The van der Waals surface area contributed by atoms with Crippen LogP contribution in [0.15, 0.2) is 30.9 Å². The summed E-state index contributed by atoms with van der Waals surface area (Å²) in [6.07, 6.45) is -3.27. The SMILES string of the molecule is C=CCC(Nc1ccc(C(F)(F)F)cc1C(N)=O)C(=O)O. The van der Waals surface area contributed by atoms with Crippen LogP contribution in [0.2, 0.25) is 0 Å². The van der Waals surface area contributed by atoms with Crippen molar-refractivity contribution in [2.75, 3.05) is 5.32 Å². The average molecular weight is 302 g/mol. The highest BCUT2D eigenvalue weighted by Crippen LogP contribution is 2.32. The summed E-state index contributed by atoms with van der Waals surface area (Å²) in [5.41, 5.74) is 3.49. The molecule has 0 heterocycles. The standard InChI is InChI=1S/C13H13F3N2O3/c1-2-3-10(12(20)21)18-9-5-4-7(13(14,15)16)6-8(9)11(17)19/h2,4-6,10,18H,1,3H2,(H2,17,19)(H,20,21). The van der Waals surface area contributed by atoms with Crippen molar-refractivity contribution in [3.8, 4) is 0 Å². The third kappa shape index (κ3) is 4.23. The quantitative estimate of drug-likeness (QED) is 0.703. The zero-order valence-corrected chi connectivity index (χ0v) is 10.8. The van der Waals surface area contributed by atoms with Crippen LogP contribution in [0.1, 0.15) is 22.3 Å². The fourth-order valence-corrected chi connectivity index (χ4v) is 1.63. The van der Waals surface area contributed by atoms with Crippen LogP contribution in [0.4, 0.5) is 18.9 Å². The number of carbonyl (C=O) groups excluding carboxylic acids is 1. The zero-order valence-electron chi connectivity index (χ0n) is 10.8. The number of halogens is 3. The third-order valence-electron chi connectivity index (χ3n) is 2.64. The molecule has 0 aromatic heterocycles. The second-order valence-corrected chi connectivity index (χ2v) is 4.18. The Morgan fingerprint density at radius 2 is 2.05 bits per heavy atom. The maximum atomic E-state index is 12.6. The van der Waals surface area contributed by atoms with Crippen LogP contribution in [-0.4, -0.2) is 23.0 Å². The van der Waals surface area contributed by atoms with E-state index in [1.165, 1.54) is 6.08 Å². The second-order valence-electron chi connectivity index (χ2n) is 4.18. The Kier molecular flexibility index (Phi) is 4.96. The molecule has 0 aliphatic carbocycles. The Morgan fingerprint density at radius 3 is 2.48 bits per heavy atom. The largest absolute Gasteiger partial charge is 0.480 e. The molecule has 1 aromatic carbocycles. The summed E-state index contributed by atoms with van der Waals surface area (Å²) < 4.78 is 37.8. The Morgan fingerprint density at radius 1 is 1.43 bits per heavy atom. The van der Waals surface area contributed by atoms with Gasteiger partial charge in [-0.25, -0.2) is 4.79 Å². The van der Waals surface area contributed by atoms with E-state index in [4.69, 9.17) is 10.8 Å². The topological polar surface area (TPSA) is 92.4 Å². The number of amides is 1. The van der Waals surface area contributed by atoms with Gasteiger partial charge in [0, 0.05) is 5.69 Å². The van der Waals surface area contributed by atoms with Gasteiger partial charge in [0.1, 0.15) is 6.04 Å². The highest BCUT2D eigenvalue weighted by atomic mass is 19.4. The number of hydrogen-bond acceptors (Lipinski definition) is 3. The minimum Gasteiger partial charge on any atom is -0.480 e. The number of primary amides is 1. The molecule has 1 unspecified atom stereocenters. The van der Waals surface area contributed by atoms with E-state index in [0.29, 0.717) is 6.07 Å². The molecule has 114 valence electrons. The summed E-state index contributed by atoms with van der Waals surface area (Å²) in [6, 6.07) is 1.17. The van der Waals surface area contributed by atoms with E-state index in [1.54, 1.807) is 0 Å². The molecule has 0 saturated carbocycles. The molecule has 0 aliphatic heterocycles. The number of nitrogens with one attached hydrogen (secondary N) is 1. The highest BCUT2D eigenvalue weighted by Gasteiger charge is 2.32. The molecule has 0 saturated heterocycles. The smallest absolute Gasteiger partial charge is 0.416 e. The maximum absolute atomic E-state index is 12.6. The van der Waals surface area contributed by atoms with Gasteiger partial charge in [0.2, 0.25) is 0 Å². The monoisotopic (exact) mass is 302 g/mol. The van der Waals surface area contributed by atoms with Gasteiger partial charge in [-0.15, -0.1) is 6.58 Å². The summed E-state index contributed by atoms with van der Waals surface area (Å²) in [5, 5.41) is 11.4. The fraction of sp³-hybridized carbons (Fsp3) is 0.231. The Balaban J connectivity index is 3.20. The van der Waals surface area contributed by atoms with E-state index >= 15 is 0 Å². The van der Waals surface area contributed by atoms with Gasteiger partial charge in [-0.1, -0.05) is 6.08 Å². The van der Waals surface area contributed by atoms with Crippen LogP contribution < -0.4 is 11.1 Å². The fourth-order valence-electron chi connectivity index (χ4n) is 1.63. The molecule has 4 N–H and O–H groups in total. The molecule has 0 spiro atoms. The van der Waals surface area contributed by atoms with Gasteiger partial charge in [0.05, 0.1) is 11.1 Å². The molecule has 5 nitrogen and oxygen atoms in total. The lowest BCUT2D eigenvalue weighted by atomic mass is 10.1. The van der Waals surface area contributed by atoms with E-state index in [9.17, 15) is 22.8 Å². The molecule has 0 aliphatic rings. The second kappa shape index (κ2) is 6.29. The Bertz CT molecular complexity index is 570. The van der Waals surface area contributed by atoms with Gasteiger partial charge < -0.3 is 16.2 Å². The number of carboxylic acid groups (broad SMARTS) is 1. The summed E-state index contributed by atoms with van der Waals surface area (Å²) in [7, 11) is 0. The van der Waals surface area contributed by atoms with Gasteiger partial charge in [0.25, 0.3) is 5.91 Å². The predicted octanol–water partition coefficient (Wildman–Crippen LogP) is 2.25. The first kappa shape index (κ1) is 16.5. The molecule has 0 bridgehead atoms. The van der Waals surface area contributed by atoms with Crippen LogP contribution in [0.25, 0.3) is 0 Å². The van der Waals surface area contributed by atoms with E-state index in [2.05, 4.69) is 11.9 Å². The molecule has 21 heavy (non-hydrogen) atoms. The van der Waals surface area contributed by atoms with Crippen LogP contribution in [0, 0.1) is 0 Å². The van der Waals surface area contributed by atoms with Crippen molar-refractivity contribution in [1.29, 1.82) is 0 Å². The average Bonchev–Trinajstić information content (AvgIpc) is 2.36. The maximum Gasteiger partial charge on any atom is 0.416 e. The van der Waals surface area contributed by atoms with Crippen LogP contribution >= 0.6 is 0 Å². The molecule has 1 rings (SSSR count). The summed E-state index contributed by atoms with van der Waals surface area (Å²) in [5.74, 6) is -2.32. The number of anilines is 1. The summed E-state index contributed by atoms with van der Waals surface area (Å²) in [6.45, 7) is 3.38. The first-order valence-corrected chi connectivity index (χ1v) is 5.78. The molecule has 0 radical (unpaired) electrons. The van der Waals surface area contributed by atoms with Gasteiger partial charge >= 0.3 is 12.1 Å². The zero-order chi connectivity index (χ0) is 16.2. The van der Waals surface area contributed by atoms with E-state index in [1.807, 2.05) is 0 Å². The van der Waals surface area contributed by atoms with Crippen molar-refractivity contribution in [2.24, 2.45) is 5.73 Å². The van der Waals surface area contributed by atoms with Crippen LogP contribution in [0.3, 0.4) is 0 Å². The highest BCUT2D eigenvalue weighted by molar-refractivity contribution is 5.99. The van der Waals surface area contributed by atoms with E-state index < -0.39 is 35.2 Å². The lowest BCUT2D eigenvalue weighted by Crippen LogP contribution is -2.30. The summed E-state index contributed by atoms with van der Waals surface area (Å²) >= 11 is 0. The van der Waals surface area contributed by atoms with Crippen molar-refractivity contribution >= 4 is 17.6 Å². The van der Waals surface area contributed by atoms with Gasteiger partial charge in [0.15, 0.2) is 0 Å². The Hall–Kier alpha value is -2.51. The molecular formula is C13H13F3N2O3. The first-order valence-electron chi connectivity index (χ1n) is 5.78. The van der Waals surface area contributed by atoms with E-state index in [-0.39, 0.29) is 12.1 Å². The number of aliphatic carboxylic acids is 1. The number of carboxylic acids is 1. The van der Waals surface area contributed by atoms with Gasteiger partial charge in [-0.3, -0.25) is 4.79 Å². The molecule has 8 heteroatoms. The van der Waals surface area contributed by atoms with Crippen molar-refractivity contribution in [1.82, 2.24) is 0 Å². The minimum absolute atomic E-state index is 0.0224. The number of benzene rings is 1. The molecule has 1 amide bonds. The van der Waals surface area contributed by atoms with Crippen molar-refractivity contribution < 1.29 is 27.9 Å². The molecular weight excluding hydrogens is 289 g/mol. The molecule has 1 aromatic rings. The Labute approximate surface area is 118 Å². The van der Waals surface area contributed by atoms with E-state index in [0.717, 1.165) is 12.1 Å². The lowest BCUT2D eigenvalue weighted by Gasteiger charge is -2.17. The van der Waals surface area contributed by atoms with Crippen molar-refractivity contribution in [3.05, 3.63) is 42.0 Å². The number of nitrogens with two attached hydrogens (primary N) is 1. The number of rotatable bonds is 6. The van der Waals surface area contributed by atoms with Gasteiger partial charge in [-0.2, -0.15) is 13.2 Å². The first-order chi connectivity index (χ1) is 9.66. The van der Waals surface area contributed by atoms with Crippen LogP contribution in [-0.2, 0) is 11.0 Å². The summed E-state index contributed by atoms with van der Waals surface area (Å²) in [4.78, 5) is 22.3. The number of hydrogen-bond donors (Lipinski definition) is 3. The third-order valence-corrected chi connectivity index (χ3v) is 2.64. The number of carbonyl (C=O) groups is 2. The lowest BCUT2D eigenvalue weighted by molar-refractivity contribution is -0.138. The van der Waals surface area contributed by atoms with Crippen molar-refractivity contribution in [2.45, 2.75) is 18.6 Å². The van der Waals surface area contributed by atoms with Crippen molar-refractivity contribution in [3.63, 3.8) is 0 Å². The van der Waals surface area contributed by atoms with Gasteiger partial charge in [-0.05, 0) is 24.6 Å².